The molecule has 4 nitrogen and oxygen atoms in total. The van der Waals surface area contributed by atoms with E-state index in [1.165, 1.54) is 0 Å². The van der Waals surface area contributed by atoms with Crippen molar-refractivity contribution < 1.29 is 27.2 Å². The summed E-state index contributed by atoms with van der Waals surface area (Å²) in [7, 11) is 0. The standard InChI is InChI=1S/C19H19F4N2O2/c20-14-2-1-12(19(21,22)23)6-13(14)16(26)25-15-11-4-9-3-10(5-11)8-18(15,7-9)17(24)27/h1-2,6,9-10,15H,3-5,7-8H2,(H2,24,27)(H,25,26). The van der Waals surface area contributed by atoms with Crippen molar-refractivity contribution in [3.8, 4) is 0 Å². The van der Waals surface area contributed by atoms with Crippen molar-refractivity contribution in [3.05, 3.63) is 41.1 Å². The molecule has 3 unspecified atom stereocenters. The number of nitrogens with one attached hydrogen (secondary N) is 1. The third-order valence-electron chi connectivity index (χ3n) is 6.34. The fourth-order valence-electron chi connectivity index (χ4n) is 5.42. The maximum Gasteiger partial charge on any atom is 0.416 e. The molecule has 4 bridgehead atoms. The maximum atomic E-state index is 14.0. The number of amides is 2. The molecule has 27 heavy (non-hydrogen) atoms. The third kappa shape index (κ3) is 2.89. The van der Waals surface area contributed by atoms with Crippen LogP contribution < -0.4 is 11.1 Å². The average molecular weight is 383 g/mol. The number of rotatable bonds is 3. The largest absolute Gasteiger partial charge is 0.416 e. The van der Waals surface area contributed by atoms with Gasteiger partial charge in [0.1, 0.15) is 5.82 Å². The van der Waals surface area contributed by atoms with E-state index >= 15 is 0 Å². The molecule has 1 radical (unpaired) electrons. The first kappa shape index (κ1) is 18.3. The van der Waals surface area contributed by atoms with Crippen LogP contribution in [-0.4, -0.2) is 17.9 Å². The zero-order valence-corrected chi connectivity index (χ0v) is 14.4. The molecule has 3 atom stereocenters. The van der Waals surface area contributed by atoms with E-state index in [0.717, 1.165) is 25.2 Å². The second-order valence-corrected chi connectivity index (χ2v) is 8.06. The minimum atomic E-state index is -4.69. The van der Waals surface area contributed by atoms with Gasteiger partial charge in [-0.05, 0) is 68.1 Å². The van der Waals surface area contributed by atoms with E-state index in [2.05, 4.69) is 5.32 Å². The van der Waals surface area contributed by atoms with Crippen LogP contribution in [0.3, 0.4) is 0 Å². The second kappa shape index (κ2) is 5.94. The van der Waals surface area contributed by atoms with E-state index < -0.39 is 46.4 Å². The van der Waals surface area contributed by atoms with Gasteiger partial charge in [-0.2, -0.15) is 13.2 Å². The van der Waals surface area contributed by atoms with Crippen LogP contribution in [0.4, 0.5) is 17.6 Å². The van der Waals surface area contributed by atoms with Gasteiger partial charge in [0.25, 0.3) is 5.91 Å². The van der Waals surface area contributed by atoms with Crippen molar-refractivity contribution in [2.75, 3.05) is 0 Å². The Morgan fingerprint density at radius 2 is 1.78 bits per heavy atom. The van der Waals surface area contributed by atoms with Crippen molar-refractivity contribution in [3.63, 3.8) is 0 Å². The number of alkyl halides is 3. The summed E-state index contributed by atoms with van der Waals surface area (Å²) < 4.78 is 52.8. The fourth-order valence-corrected chi connectivity index (χ4v) is 5.42. The summed E-state index contributed by atoms with van der Waals surface area (Å²) in [6, 6.07) is 1.08. The number of nitrogens with two attached hydrogens (primary N) is 1. The fraction of sp³-hybridized carbons (Fsp3) is 0.526. The smallest absolute Gasteiger partial charge is 0.369 e. The van der Waals surface area contributed by atoms with E-state index in [0.29, 0.717) is 42.9 Å². The summed E-state index contributed by atoms with van der Waals surface area (Å²) in [5.74, 6) is -0.819. The number of halogens is 4. The molecular formula is C19H19F4N2O2. The van der Waals surface area contributed by atoms with Gasteiger partial charge in [-0.1, -0.05) is 0 Å². The van der Waals surface area contributed by atoms with E-state index in [9.17, 15) is 27.2 Å². The van der Waals surface area contributed by atoms with Crippen LogP contribution in [0.1, 0.15) is 48.0 Å². The average Bonchev–Trinajstić information content (AvgIpc) is 2.56. The molecule has 2 amide bonds. The first-order valence-corrected chi connectivity index (χ1v) is 8.92. The zero-order valence-electron chi connectivity index (χ0n) is 14.4. The normalized spacial score (nSPS) is 32.5. The SMILES string of the molecule is NC(=O)C12CC3C[C](CC(C3)C1)C2NC(=O)c1cc(C(F)(F)F)ccc1F. The first-order valence-electron chi connectivity index (χ1n) is 8.92. The minimum Gasteiger partial charge on any atom is -0.369 e. The summed E-state index contributed by atoms with van der Waals surface area (Å²) in [6.45, 7) is 0. The Hall–Kier alpha value is -2.12. The predicted molar refractivity (Wildman–Crippen MR) is 87.6 cm³/mol. The lowest BCUT2D eigenvalue weighted by Gasteiger charge is -2.59. The Balaban J connectivity index is 1.64. The molecule has 1 aromatic rings. The molecule has 4 aliphatic rings. The summed E-state index contributed by atoms with van der Waals surface area (Å²) in [6.07, 6.45) is -1.02. The van der Waals surface area contributed by atoms with Crippen LogP contribution in [0.25, 0.3) is 0 Å². The van der Waals surface area contributed by atoms with Crippen LogP contribution in [0.5, 0.6) is 0 Å². The molecule has 4 saturated carbocycles. The molecule has 145 valence electrons. The van der Waals surface area contributed by atoms with E-state index in [-0.39, 0.29) is 0 Å². The maximum absolute atomic E-state index is 14.0. The first-order chi connectivity index (χ1) is 12.6. The second-order valence-electron chi connectivity index (χ2n) is 8.06. The van der Waals surface area contributed by atoms with E-state index in [1.54, 1.807) is 0 Å². The summed E-state index contributed by atoms with van der Waals surface area (Å²) >= 11 is 0. The van der Waals surface area contributed by atoms with Gasteiger partial charge >= 0.3 is 6.18 Å². The Bertz CT molecular complexity index is 793. The van der Waals surface area contributed by atoms with Crippen LogP contribution in [0.15, 0.2) is 18.2 Å². The zero-order chi connectivity index (χ0) is 19.6. The lowest BCUT2D eigenvalue weighted by Crippen LogP contribution is -2.65. The van der Waals surface area contributed by atoms with Gasteiger partial charge in [-0.3, -0.25) is 9.59 Å². The molecule has 3 N–H and O–H groups in total. The molecule has 8 heteroatoms. The molecule has 1 aromatic carbocycles. The number of benzene rings is 1. The van der Waals surface area contributed by atoms with Crippen molar-refractivity contribution in [2.24, 2.45) is 23.0 Å². The van der Waals surface area contributed by atoms with Gasteiger partial charge in [-0.15, -0.1) is 0 Å². The highest BCUT2D eigenvalue weighted by Crippen LogP contribution is 2.60. The lowest BCUT2D eigenvalue weighted by molar-refractivity contribution is -0.139. The predicted octanol–water partition coefficient (Wildman–Crippen LogP) is 3.21. The number of primary amides is 1. The molecule has 0 aromatic heterocycles. The number of carbonyl (C=O) groups is 2. The van der Waals surface area contributed by atoms with Gasteiger partial charge in [0.15, 0.2) is 0 Å². The molecule has 0 spiro atoms. The molecule has 0 heterocycles. The van der Waals surface area contributed by atoms with E-state index in [1.807, 2.05) is 0 Å². The van der Waals surface area contributed by atoms with Crippen molar-refractivity contribution in [2.45, 2.75) is 44.3 Å². The van der Waals surface area contributed by atoms with Crippen LogP contribution in [-0.2, 0) is 11.0 Å². The highest BCUT2D eigenvalue weighted by molar-refractivity contribution is 5.96. The van der Waals surface area contributed by atoms with Crippen LogP contribution >= 0.6 is 0 Å². The molecule has 4 fully saturated rings. The molecule has 5 rings (SSSR count). The highest BCUT2D eigenvalue weighted by Gasteiger charge is 2.60. The Kier molecular flexibility index (Phi) is 4.01. The summed E-state index contributed by atoms with van der Waals surface area (Å²) in [5, 5.41) is 2.64. The van der Waals surface area contributed by atoms with Gasteiger partial charge in [-0.25, -0.2) is 4.39 Å². The summed E-state index contributed by atoms with van der Waals surface area (Å²) in [4.78, 5) is 24.9. The third-order valence-corrected chi connectivity index (χ3v) is 6.34. The summed E-state index contributed by atoms with van der Waals surface area (Å²) in [5.41, 5.74) is 2.98. The molecular weight excluding hydrogens is 364 g/mol. The van der Waals surface area contributed by atoms with Gasteiger partial charge in [0.2, 0.25) is 5.91 Å². The highest BCUT2D eigenvalue weighted by atomic mass is 19.4. The van der Waals surface area contributed by atoms with Crippen LogP contribution in [0.2, 0.25) is 0 Å². The Morgan fingerprint density at radius 1 is 1.15 bits per heavy atom. The van der Waals surface area contributed by atoms with Gasteiger partial charge in [0.05, 0.1) is 16.5 Å². The van der Waals surface area contributed by atoms with Crippen molar-refractivity contribution in [1.82, 2.24) is 5.32 Å². The molecule has 0 aliphatic heterocycles. The Labute approximate surface area is 153 Å². The van der Waals surface area contributed by atoms with Crippen molar-refractivity contribution in [1.29, 1.82) is 0 Å². The molecule has 4 aliphatic carbocycles. The lowest BCUT2D eigenvalue weighted by atomic mass is 9.47. The van der Waals surface area contributed by atoms with Gasteiger partial charge in [0, 0.05) is 6.04 Å². The van der Waals surface area contributed by atoms with Gasteiger partial charge < -0.3 is 11.1 Å². The van der Waals surface area contributed by atoms with Crippen LogP contribution in [0, 0.1) is 29.0 Å². The Morgan fingerprint density at radius 3 is 2.33 bits per heavy atom. The van der Waals surface area contributed by atoms with Crippen molar-refractivity contribution >= 4 is 11.8 Å². The quantitative estimate of drug-likeness (QED) is 0.787. The molecule has 0 saturated heterocycles. The van der Waals surface area contributed by atoms with E-state index in [4.69, 9.17) is 5.73 Å². The monoisotopic (exact) mass is 383 g/mol. The topological polar surface area (TPSA) is 72.2 Å². The number of hydrogen-bond donors (Lipinski definition) is 2. The number of carbonyl (C=O) groups excluding carboxylic acids is 2. The minimum absolute atomic E-state index is 0.346. The number of hydrogen-bond acceptors (Lipinski definition) is 2.